The Bertz CT molecular complexity index is 673. The number of alkyl halides is 1. The van der Waals surface area contributed by atoms with Crippen LogP contribution in [0.25, 0.3) is 0 Å². The molecule has 0 unspecified atom stereocenters. The molecule has 2 aliphatic rings. The van der Waals surface area contributed by atoms with Gasteiger partial charge in [-0.25, -0.2) is 9.18 Å². The average molecular weight is 381 g/mol. The zero-order chi connectivity index (χ0) is 19.7. The van der Waals surface area contributed by atoms with Crippen LogP contribution in [0.15, 0.2) is 18.2 Å². The van der Waals surface area contributed by atoms with Gasteiger partial charge in [0.05, 0.1) is 20.3 Å². The molecule has 0 atom stereocenters. The zero-order valence-corrected chi connectivity index (χ0v) is 16.4. The molecule has 3 rings (SSSR count). The van der Waals surface area contributed by atoms with Crippen molar-refractivity contribution in [3.63, 3.8) is 0 Å². The molecular formula is C20H28FNO5. The lowest BCUT2D eigenvalue weighted by atomic mass is 9.85. The van der Waals surface area contributed by atoms with Crippen molar-refractivity contribution in [2.45, 2.75) is 51.2 Å². The maximum atomic E-state index is 15.6. The Morgan fingerprint density at radius 2 is 1.85 bits per heavy atom. The number of hydrogen-bond donors (Lipinski definition) is 0. The van der Waals surface area contributed by atoms with Crippen LogP contribution in [0.5, 0.6) is 5.75 Å². The van der Waals surface area contributed by atoms with Crippen LogP contribution in [0.3, 0.4) is 0 Å². The summed E-state index contributed by atoms with van der Waals surface area (Å²) in [5.74, 6) is 0.547. The van der Waals surface area contributed by atoms with Crippen LogP contribution < -0.4 is 4.74 Å². The molecule has 2 aliphatic heterocycles. The molecule has 150 valence electrons. The third-order valence-corrected chi connectivity index (χ3v) is 4.83. The summed E-state index contributed by atoms with van der Waals surface area (Å²) in [5.41, 5.74) is -0.769. The Labute approximate surface area is 159 Å². The van der Waals surface area contributed by atoms with Gasteiger partial charge in [0.1, 0.15) is 17.0 Å². The van der Waals surface area contributed by atoms with E-state index >= 15 is 4.39 Å². The first kappa shape index (κ1) is 19.9. The van der Waals surface area contributed by atoms with Gasteiger partial charge in [-0.2, -0.15) is 0 Å². The van der Waals surface area contributed by atoms with Crippen molar-refractivity contribution in [3.8, 4) is 5.75 Å². The minimum atomic E-state index is -1.51. The molecule has 0 aliphatic carbocycles. The van der Waals surface area contributed by atoms with E-state index in [4.69, 9.17) is 18.9 Å². The van der Waals surface area contributed by atoms with Gasteiger partial charge in [0.25, 0.3) is 0 Å². The van der Waals surface area contributed by atoms with Crippen LogP contribution in [-0.2, 0) is 19.9 Å². The van der Waals surface area contributed by atoms with E-state index in [0.29, 0.717) is 37.6 Å². The number of nitrogens with zero attached hydrogens (tertiary/aromatic N) is 1. The number of benzene rings is 1. The van der Waals surface area contributed by atoms with Crippen molar-refractivity contribution in [2.24, 2.45) is 0 Å². The van der Waals surface area contributed by atoms with E-state index in [-0.39, 0.29) is 12.8 Å². The fraction of sp³-hybridized carbons (Fsp3) is 0.650. The van der Waals surface area contributed by atoms with E-state index in [1.54, 1.807) is 30.2 Å². The Kier molecular flexibility index (Phi) is 5.63. The summed E-state index contributed by atoms with van der Waals surface area (Å²) < 4.78 is 37.5. The lowest BCUT2D eigenvalue weighted by molar-refractivity contribution is -0.0456. The van der Waals surface area contributed by atoms with E-state index in [2.05, 4.69) is 0 Å². The van der Waals surface area contributed by atoms with Gasteiger partial charge in [-0.15, -0.1) is 0 Å². The van der Waals surface area contributed by atoms with Gasteiger partial charge in [0.15, 0.2) is 6.29 Å². The van der Waals surface area contributed by atoms with Gasteiger partial charge in [0.2, 0.25) is 0 Å². The van der Waals surface area contributed by atoms with Crippen LogP contribution in [-0.4, -0.2) is 50.0 Å². The molecule has 2 heterocycles. The molecule has 2 saturated heterocycles. The molecule has 2 fully saturated rings. The normalized spacial score (nSPS) is 20.6. The fourth-order valence-corrected chi connectivity index (χ4v) is 3.38. The smallest absolute Gasteiger partial charge is 0.410 e. The Hall–Kier alpha value is -1.86. The summed E-state index contributed by atoms with van der Waals surface area (Å²) in [4.78, 5) is 13.8. The van der Waals surface area contributed by atoms with E-state index in [0.717, 1.165) is 5.56 Å². The van der Waals surface area contributed by atoms with Gasteiger partial charge in [-0.3, -0.25) is 0 Å². The number of likely N-dealkylation sites (tertiary alicyclic amines) is 1. The van der Waals surface area contributed by atoms with Crippen molar-refractivity contribution in [1.82, 2.24) is 4.90 Å². The number of halogens is 1. The number of rotatable bonds is 3. The number of hydrogen-bond acceptors (Lipinski definition) is 5. The number of carbonyl (C=O) groups excluding carboxylic acids is 1. The van der Waals surface area contributed by atoms with Crippen LogP contribution in [0.4, 0.5) is 9.18 Å². The molecule has 0 radical (unpaired) electrons. The number of amides is 1. The minimum absolute atomic E-state index is 0.213. The van der Waals surface area contributed by atoms with Crippen molar-refractivity contribution in [2.75, 3.05) is 33.4 Å². The van der Waals surface area contributed by atoms with E-state index < -0.39 is 23.7 Å². The molecule has 27 heavy (non-hydrogen) atoms. The highest BCUT2D eigenvalue weighted by molar-refractivity contribution is 5.68. The maximum Gasteiger partial charge on any atom is 0.410 e. The largest absolute Gasteiger partial charge is 0.496 e. The van der Waals surface area contributed by atoms with Gasteiger partial charge < -0.3 is 23.8 Å². The molecule has 1 amide bonds. The van der Waals surface area contributed by atoms with Gasteiger partial charge >= 0.3 is 6.09 Å². The molecule has 7 heteroatoms. The Morgan fingerprint density at radius 3 is 2.41 bits per heavy atom. The SMILES string of the molecule is COc1cc(C2(F)CCN(C(=O)OC(C)(C)C)CC2)ccc1C1OCCO1. The predicted octanol–water partition coefficient (Wildman–Crippen LogP) is 3.94. The molecule has 0 saturated carbocycles. The Balaban J connectivity index is 1.70. The molecule has 6 nitrogen and oxygen atoms in total. The number of methoxy groups -OCH3 is 1. The number of ether oxygens (including phenoxy) is 4. The highest BCUT2D eigenvalue weighted by Crippen LogP contribution is 2.41. The van der Waals surface area contributed by atoms with Crippen molar-refractivity contribution < 1.29 is 28.1 Å². The monoisotopic (exact) mass is 381 g/mol. The summed E-state index contributed by atoms with van der Waals surface area (Å²) in [5, 5.41) is 0. The second kappa shape index (κ2) is 7.64. The topological polar surface area (TPSA) is 57.2 Å². The second-order valence-corrected chi connectivity index (χ2v) is 7.96. The summed E-state index contributed by atoms with van der Waals surface area (Å²) in [6, 6.07) is 5.27. The molecule has 1 aromatic rings. The molecule has 0 aromatic heterocycles. The van der Waals surface area contributed by atoms with Crippen molar-refractivity contribution in [1.29, 1.82) is 0 Å². The zero-order valence-electron chi connectivity index (χ0n) is 16.4. The lowest BCUT2D eigenvalue weighted by Gasteiger charge is -2.37. The fourth-order valence-electron chi connectivity index (χ4n) is 3.38. The van der Waals surface area contributed by atoms with Crippen molar-refractivity contribution >= 4 is 6.09 Å². The highest BCUT2D eigenvalue weighted by Gasteiger charge is 2.39. The van der Waals surface area contributed by atoms with Gasteiger partial charge in [0, 0.05) is 31.5 Å². The van der Waals surface area contributed by atoms with Crippen molar-refractivity contribution in [3.05, 3.63) is 29.3 Å². The summed E-state index contributed by atoms with van der Waals surface area (Å²) >= 11 is 0. The van der Waals surface area contributed by atoms with Crippen LogP contribution in [0, 0.1) is 0 Å². The highest BCUT2D eigenvalue weighted by atomic mass is 19.1. The molecular weight excluding hydrogens is 353 g/mol. The van der Waals surface area contributed by atoms with Crippen LogP contribution >= 0.6 is 0 Å². The van der Waals surface area contributed by atoms with Gasteiger partial charge in [-0.1, -0.05) is 6.07 Å². The van der Waals surface area contributed by atoms with Gasteiger partial charge in [-0.05, 0) is 38.5 Å². The van der Waals surface area contributed by atoms with E-state index in [9.17, 15) is 4.79 Å². The summed E-state index contributed by atoms with van der Waals surface area (Å²) in [6.07, 6.45) is -0.442. The Morgan fingerprint density at radius 1 is 1.22 bits per heavy atom. The molecule has 0 bridgehead atoms. The summed E-state index contributed by atoms with van der Waals surface area (Å²) in [7, 11) is 1.55. The van der Waals surface area contributed by atoms with Crippen LogP contribution in [0.1, 0.15) is 51.0 Å². The van der Waals surface area contributed by atoms with E-state index in [1.165, 1.54) is 0 Å². The first-order valence-corrected chi connectivity index (χ1v) is 9.30. The van der Waals surface area contributed by atoms with Crippen LogP contribution in [0.2, 0.25) is 0 Å². The third-order valence-electron chi connectivity index (χ3n) is 4.83. The maximum absolute atomic E-state index is 15.6. The number of carbonyl (C=O) groups is 1. The molecule has 0 spiro atoms. The average Bonchev–Trinajstić information content (AvgIpc) is 3.14. The quantitative estimate of drug-likeness (QED) is 0.794. The molecule has 1 aromatic carbocycles. The van der Waals surface area contributed by atoms with E-state index in [1.807, 2.05) is 20.8 Å². The predicted molar refractivity (Wildman–Crippen MR) is 97.5 cm³/mol. The first-order chi connectivity index (χ1) is 12.7. The number of piperidine rings is 1. The second-order valence-electron chi connectivity index (χ2n) is 7.96. The lowest BCUT2D eigenvalue weighted by Crippen LogP contribution is -2.45. The summed E-state index contributed by atoms with van der Waals surface area (Å²) in [6.45, 7) is 7.14. The standard InChI is InChI=1S/C20H28FNO5/c1-19(2,3)27-18(23)22-9-7-20(21,8-10-22)14-5-6-15(16(13-14)24-4)17-25-11-12-26-17/h5-6,13,17H,7-12H2,1-4H3. The molecule has 0 N–H and O–H groups in total. The minimum Gasteiger partial charge on any atom is -0.496 e. The third kappa shape index (κ3) is 4.52. The first-order valence-electron chi connectivity index (χ1n) is 9.30.